The Hall–Kier alpha value is -1.68. The van der Waals surface area contributed by atoms with Crippen LogP contribution in [0, 0.1) is 6.92 Å². The highest BCUT2D eigenvalue weighted by Crippen LogP contribution is 2.22. The predicted octanol–water partition coefficient (Wildman–Crippen LogP) is 1.24. The zero-order valence-corrected chi connectivity index (χ0v) is 7.99. The smallest absolute Gasteiger partial charge is 0.117 e. The van der Waals surface area contributed by atoms with Gasteiger partial charge in [0.2, 0.25) is 0 Å². The molecule has 0 fully saturated rings. The van der Waals surface area contributed by atoms with E-state index < -0.39 is 0 Å². The lowest BCUT2D eigenvalue weighted by atomic mass is 10.0. The second-order valence-corrected chi connectivity index (χ2v) is 3.16. The summed E-state index contributed by atoms with van der Waals surface area (Å²) < 4.78 is 0. The highest BCUT2D eigenvalue weighted by atomic mass is 15.3. The molecule has 72 valence electrons. The third-order valence-corrected chi connectivity index (χ3v) is 2.23. The Morgan fingerprint density at radius 3 is 2.86 bits per heavy atom. The van der Waals surface area contributed by atoms with Gasteiger partial charge in [0.15, 0.2) is 0 Å². The normalized spacial score (nSPS) is 10.4. The number of nitrogens with two attached hydrogens (primary N) is 1. The first-order chi connectivity index (χ1) is 6.83. The topological polar surface area (TPSA) is 67.6 Å². The molecule has 2 rings (SSSR count). The van der Waals surface area contributed by atoms with Crippen LogP contribution in [0.15, 0.2) is 24.3 Å². The van der Waals surface area contributed by atoms with Crippen LogP contribution in [0.5, 0.6) is 0 Å². The number of aromatic amines is 1. The van der Waals surface area contributed by atoms with Crippen molar-refractivity contribution in [2.75, 3.05) is 0 Å². The number of benzene rings is 1. The zero-order valence-electron chi connectivity index (χ0n) is 7.99. The standard InChI is InChI=1S/C10H12N4/c1-7-4-2-3-5-8(7)10-9(6-11)12-14-13-10/h2-5H,6,11H2,1H3,(H,12,13,14). The number of nitrogens with zero attached hydrogens (tertiary/aromatic N) is 2. The third kappa shape index (κ3) is 1.40. The minimum absolute atomic E-state index is 0.427. The summed E-state index contributed by atoms with van der Waals surface area (Å²) in [5.74, 6) is 0. The third-order valence-electron chi connectivity index (χ3n) is 2.23. The summed E-state index contributed by atoms with van der Waals surface area (Å²) in [4.78, 5) is 0. The van der Waals surface area contributed by atoms with Crippen LogP contribution >= 0.6 is 0 Å². The van der Waals surface area contributed by atoms with Gasteiger partial charge in [-0.15, -0.1) is 5.10 Å². The number of hydrogen-bond acceptors (Lipinski definition) is 3. The van der Waals surface area contributed by atoms with Crippen LogP contribution in [0.3, 0.4) is 0 Å². The number of rotatable bonds is 2. The molecule has 0 spiro atoms. The van der Waals surface area contributed by atoms with Crippen molar-refractivity contribution in [1.82, 2.24) is 15.4 Å². The minimum atomic E-state index is 0.427. The number of H-pyrrole nitrogens is 1. The summed E-state index contributed by atoms with van der Waals surface area (Å²) in [7, 11) is 0. The number of hydrogen-bond donors (Lipinski definition) is 2. The summed E-state index contributed by atoms with van der Waals surface area (Å²) in [5.41, 5.74) is 9.56. The summed E-state index contributed by atoms with van der Waals surface area (Å²) in [5, 5.41) is 10.6. The maximum atomic E-state index is 5.57. The van der Waals surface area contributed by atoms with E-state index in [0.29, 0.717) is 6.54 Å². The van der Waals surface area contributed by atoms with E-state index in [4.69, 9.17) is 5.73 Å². The first kappa shape index (κ1) is 8.90. The number of nitrogens with one attached hydrogen (secondary N) is 1. The van der Waals surface area contributed by atoms with E-state index in [-0.39, 0.29) is 0 Å². The van der Waals surface area contributed by atoms with Gasteiger partial charge < -0.3 is 5.73 Å². The summed E-state index contributed by atoms with van der Waals surface area (Å²) >= 11 is 0. The summed E-state index contributed by atoms with van der Waals surface area (Å²) in [6.45, 7) is 2.47. The van der Waals surface area contributed by atoms with Crippen molar-refractivity contribution in [3.63, 3.8) is 0 Å². The fourth-order valence-electron chi connectivity index (χ4n) is 1.45. The lowest BCUT2D eigenvalue weighted by molar-refractivity contribution is 0.898. The van der Waals surface area contributed by atoms with E-state index in [1.54, 1.807) is 0 Å². The van der Waals surface area contributed by atoms with Crippen molar-refractivity contribution in [3.05, 3.63) is 35.5 Å². The van der Waals surface area contributed by atoms with Gasteiger partial charge in [-0.2, -0.15) is 0 Å². The Labute approximate surface area is 82.1 Å². The monoisotopic (exact) mass is 188 g/mol. The average Bonchev–Trinajstić information content (AvgIpc) is 2.66. The van der Waals surface area contributed by atoms with Gasteiger partial charge in [-0.3, -0.25) is 5.10 Å². The maximum absolute atomic E-state index is 5.57. The van der Waals surface area contributed by atoms with E-state index in [1.807, 2.05) is 31.2 Å². The molecular formula is C10H12N4. The van der Waals surface area contributed by atoms with Crippen LogP contribution in [-0.4, -0.2) is 15.4 Å². The zero-order chi connectivity index (χ0) is 9.97. The molecule has 0 aliphatic heterocycles. The second-order valence-electron chi connectivity index (χ2n) is 3.16. The molecule has 0 unspecified atom stereocenters. The van der Waals surface area contributed by atoms with E-state index in [9.17, 15) is 0 Å². The van der Waals surface area contributed by atoms with Crippen molar-refractivity contribution < 1.29 is 0 Å². The van der Waals surface area contributed by atoms with Crippen molar-refractivity contribution >= 4 is 0 Å². The van der Waals surface area contributed by atoms with Crippen molar-refractivity contribution in [1.29, 1.82) is 0 Å². The highest BCUT2D eigenvalue weighted by molar-refractivity contribution is 5.64. The lowest BCUT2D eigenvalue weighted by Crippen LogP contribution is -1.99. The maximum Gasteiger partial charge on any atom is 0.117 e. The van der Waals surface area contributed by atoms with Gasteiger partial charge in [-0.1, -0.05) is 29.5 Å². The first-order valence-corrected chi connectivity index (χ1v) is 4.49. The Balaban J connectivity index is 2.54. The molecule has 0 bridgehead atoms. The molecule has 3 N–H and O–H groups in total. The van der Waals surface area contributed by atoms with E-state index in [2.05, 4.69) is 15.4 Å². The number of aromatic nitrogens is 3. The molecule has 0 amide bonds. The molecule has 0 radical (unpaired) electrons. The van der Waals surface area contributed by atoms with Crippen molar-refractivity contribution in [3.8, 4) is 11.3 Å². The van der Waals surface area contributed by atoms with E-state index >= 15 is 0 Å². The van der Waals surface area contributed by atoms with Gasteiger partial charge in [0.05, 0.1) is 5.69 Å². The molecule has 4 heteroatoms. The van der Waals surface area contributed by atoms with Crippen molar-refractivity contribution in [2.45, 2.75) is 13.5 Å². The summed E-state index contributed by atoms with van der Waals surface area (Å²) in [6, 6.07) is 8.05. The number of aryl methyl sites for hydroxylation is 1. The first-order valence-electron chi connectivity index (χ1n) is 4.49. The molecule has 1 aromatic heterocycles. The van der Waals surface area contributed by atoms with E-state index in [0.717, 1.165) is 17.0 Å². The van der Waals surface area contributed by atoms with Crippen LogP contribution in [-0.2, 0) is 6.54 Å². The van der Waals surface area contributed by atoms with Gasteiger partial charge in [0.25, 0.3) is 0 Å². The van der Waals surface area contributed by atoms with Crippen LogP contribution in [0.25, 0.3) is 11.3 Å². The van der Waals surface area contributed by atoms with Crippen LogP contribution < -0.4 is 5.73 Å². The molecule has 4 nitrogen and oxygen atoms in total. The van der Waals surface area contributed by atoms with E-state index in [1.165, 1.54) is 5.56 Å². The Kier molecular flexibility index (Phi) is 2.28. The fourth-order valence-corrected chi connectivity index (χ4v) is 1.45. The predicted molar refractivity (Wildman–Crippen MR) is 54.4 cm³/mol. The van der Waals surface area contributed by atoms with Crippen LogP contribution in [0.4, 0.5) is 0 Å². The molecular weight excluding hydrogens is 176 g/mol. The van der Waals surface area contributed by atoms with Gasteiger partial charge >= 0.3 is 0 Å². The fraction of sp³-hybridized carbons (Fsp3) is 0.200. The molecule has 1 heterocycles. The molecule has 0 saturated heterocycles. The van der Waals surface area contributed by atoms with Crippen LogP contribution in [0.2, 0.25) is 0 Å². The Morgan fingerprint density at radius 1 is 1.36 bits per heavy atom. The quantitative estimate of drug-likeness (QED) is 0.745. The Morgan fingerprint density at radius 2 is 2.14 bits per heavy atom. The largest absolute Gasteiger partial charge is 0.325 e. The summed E-state index contributed by atoms with van der Waals surface area (Å²) in [6.07, 6.45) is 0. The van der Waals surface area contributed by atoms with Gasteiger partial charge in [-0.05, 0) is 12.5 Å². The minimum Gasteiger partial charge on any atom is -0.325 e. The molecule has 1 aromatic carbocycles. The Bertz CT molecular complexity index is 433. The van der Waals surface area contributed by atoms with Crippen molar-refractivity contribution in [2.24, 2.45) is 5.73 Å². The SMILES string of the molecule is Cc1ccccc1-c1nn[nH]c1CN. The second kappa shape index (κ2) is 3.59. The van der Waals surface area contributed by atoms with Crippen LogP contribution in [0.1, 0.15) is 11.3 Å². The van der Waals surface area contributed by atoms with Gasteiger partial charge in [0.1, 0.15) is 5.69 Å². The van der Waals surface area contributed by atoms with Gasteiger partial charge in [-0.25, -0.2) is 0 Å². The van der Waals surface area contributed by atoms with Gasteiger partial charge in [0, 0.05) is 12.1 Å². The highest BCUT2D eigenvalue weighted by Gasteiger charge is 2.09. The molecule has 14 heavy (non-hydrogen) atoms. The molecule has 0 saturated carbocycles. The molecule has 0 aliphatic rings. The molecule has 0 atom stereocenters. The molecule has 2 aromatic rings. The molecule has 0 aliphatic carbocycles. The lowest BCUT2D eigenvalue weighted by Gasteiger charge is -2.02. The average molecular weight is 188 g/mol.